The highest BCUT2D eigenvalue weighted by Gasteiger charge is 2.14. The van der Waals surface area contributed by atoms with Crippen LogP contribution >= 0.6 is 10.7 Å². The van der Waals surface area contributed by atoms with Crippen LogP contribution < -0.4 is 0 Å². The molecule has 0 spiro atoms. The van der Waals surface area contributed by atoms with Crippen molar-refractivity contribution in [1.82, 2.24) is 4.98 Å². The Morgan fingerprint density at radius 1 is 1.20 bits per heavy atom. The van der Waals surface area contributed by atoms with E-state index in [-0.39, 0.29) is 10.4 Å². The van der Waals surface area contributed by atoms with Gasteiger partial charge in [-0.05, 0) is 24.3 Å². The standard InChI is InChI=1S/C9H5ClFNO2S/c10-15(13,14)8-3-1-2-7-6(8)4-5-9(11)12-7/h1-5H. The molecule has 6 heteroatoms. The average Bonchev–Trinajstić information content (AvgIpc) is 2.15. The highest BCUT2D eigenvalue weighted by molar-refractivity contribution is 8.14. The van der Waals surface area contributed by atoms with Gasteiger partial charge >= 0.3 is 0 Å². The van der Waals surface area contributed by atoms with Gasteiger partial charge < -0.3 is 0 Å². The molecule has 3 nitrogen and oxygen atoms in total. The molecule has 0 N–H and O–H groups in total. The van der Waals surface area contributed by atoms with E-state index in [1.165, 1.54) is 24.3 Å². The Balaban J connectivity index is 2.89. The zero-order valence-corrected chi connectivity index (χ0v) is 8.89. The van der Waals surface area contributed by atoms with Crippen LogP contribution in [0.1, 0.15) is 0 Å². The van der Waals surface area contributed by atoms with Gasteiger partial charge in [0.2, 0.25) is 5.95 Å². The summed E-state index contributed by atoms with van der Waals surface area (Å²) in [4.78, 5) is 3.50. The van der Waals surface area contributed by atoms with Gasteiger partial charge in [-0.1, -0.05) is 6.07 Å². The molecule has 0 amide bonds. The number of hydrogen-bond acceptors (Lipinski definition) is 3. The first-order valence-corrected chi connectivity index (χ1v) is 6.29. The summed E-state index contributed by atoms with van der Waals surface area (Å²) in [6.45, 7) is 0. The maximum Gasteiger partial charge on any atom is 0.261 e. The van der Waals surface area contributed by atoms with E-state index in [1.54, 1.807) is 0 Å². The topological polar surface area (TPSA) is 47.0 Å². The lowest BCUT2D eigenvalue weighted by atomic mass is 10.2. The van der Waals surface area contributed by atoms with Gasteiger partial charge in [-0.25, -0.2) is 13.4 Å². The highest BCUT2D eigenvalue weighted by Crippen LogP contribution is 2.24. The fraction of sp³-hybridized carbons (Fsp3) is 0. The Morgan fingerprint density at radius 3 is 2.60 bits per heavy atom. The second-order valence-electron chi connectivity index (χ2n) is 2.89. The summed E-state index contributed by atoms with van der Waals surface area (Å²) in [7, 11) is 1.40. The Morgan fingerprint density at radius 2 is 1.93 bits per heavy atom. The van der Waals surface area contributed by atoms with Crippen molar-refractivity contribution in [3.8, 4) is 0 Å². The first kappa shape index (κ1) is 10.3. The first-order chi connectivity index (χ1) is 6.98. The summed E-state index contributed by atoms with van der Waals surface area (Å²) >= 11 is 0. The maximum atomic E-state index is 12.8. The normalized spacial score (nSPS) is 11.9. The van der Waals surface area contributed by atoms with Crippen LogP contribution in [0.3, 0.4) is 0 Å². The number of halogens is 2. The molecule has 2 aromatic rings. The van der Waals surface area contributed by atoms with Gasteiger partial charge in [0.05, 0.1) is 10.4 Å². The average molecular weight is 246 g/mol. The summed E-state index contributed by atoms with van der Waals surface area (Å²) in [5.74, 6) is -0.661. The molecule has 1 aromatic heterocycles. The molecular weight excluding hydrogens is 241 g/mol. The van der Waals surface area contributed by atoms with Crippen LogP contribution in [0.25, 0.3) is 10.9 Å². The van der Waals surface area contributed by atoms with Crippen molar-refractivity contribution in [2.24, 2.45) is 0 Å². The smallest absolute Gasteiger partial charge is 0.220 e. The van der Waals surface area contributed by atoms with Gasteiger partial charge in [-0.2, -0.15) is 4.39 Å². The molecule has 1 aromatic carbocycles. The van der Waals surface area contributed by atoms with E-state index in [1.807, 2.05) is 0 Å². The SMILES string of the molecule is O=S(=O)(Cl)c1cccc2nc(F)ccc12. The van der Waals surface area contributed by atoms with E-state index >= 15 is 0 Å². The molecule has 0 aliphatic carbocycles. The van der Waals surface area contributed by atoms with Crippen LogP contribution in [-0.4, -0.2) is 13.4 Å². The maximum absolute atomic E-state index is 12.8. The van der Waals surface area contributed by atoms with E-state index in [2.05, 4.69) is 4.98 Å². The third-order valence-corrected chi connectivity index (χ3v) is 3.30. The second kappa shape index (κ2) is 3.43. The third-order valence-electron chi connectivity index (χ3n) is 1.92. The van der Waals surface area contributed by atoms with Crippen molar-refractivity contribution in [3.05, 3.63) is 36.3 Å². The predicted molar refractivity (Wildman–Crippen MR) is 54.7 cm³/mol. The minimum Gasteiger partial charge on any atom is -0.220 e. The van der Waals surface area contributed by atoms with Gasteiger partial charge in [-0.15, -0.1) is 0 Å². The van der Waals surface area contributed by atoms with Gasteiger partial charge in [0.25, 0.3) is 9.05 Å². The minimum absolute atomic E-state index is 0.0610. The number of fused-ring (bicyclic) bond motifs is 1. The lowest BCUT2D eigenvalue weighted by Gasteiger charge is -2.01. The minimum atomic E-state index is -3.83. The van der Waals surface area contributed by atoms with E-state index < -0.39 is 15.0 Å². The zero-order chi connectivity index (χ0) is 11.1. The number of rotatable bonds is 1. The molecule has 1 heterocycles. The molecule has 0 fully saturated rings. The summed E-state index contributed by atoms with van der Waals surface area (Å²) < 4.78 is 35.1. The van der Waals surface area contributed by atoms with Crippen molar-refractivity contribution in [2.75, 3.05) is 0 Å². The van der Waals surface area contributed by atoms with E-state index in [4.69, 9.17) is 10.7 Å². The van der Waals surface area contributed by atoms with Gasteiger partial charge in [0.1, 0.15) is 0 Å². The molecular formula is C9H5ClFNO2S. The Labute approximate surface area is 89.9 Å². The third kappa shape index (κ3) is 1.93. The summed E-state index contributed by atoms with van der Waals surface area (Å²) in [6.07, 6.45) is 0. The predicted octanol–water partition coefficient (Wildman–Crippen LogP) is 2.30. The number of benzene rings is 1. The lowest BCUT2D eigenvalue weighted by Crippen LogP contribution is -1.93. The van der Waals surface area contributed by atoms with E-state index in [0.717, 1.165) is 6.07 Å². The lowest BCUT2D eigenvalue weighted by molar-refractivity contribution is 0.588. The van der Waals surface area contributed by atoms with Crippen molar-refractivity contribution < 1.29 is 12.8 Å². The molecule has 15 heavy (non-hydrogen) atoms. The largest absolute Gasteiger partial charge is 0.261 e. The molecule has 2 rings (SSSR count). The van der Waals surface area contributed by atoms with Crippen LogP contribution in [0.5, 0.6) is 0 Å². The molecule has 0 saturated heterocycles. The van der Waals surface area contributed by atoms with Crippen LogP contribution in [0.4, 0.5) is 4.39 Å². The van der Waals surface area contributed by atoms with E-state index in [9.17, 15) is 12.8 Å². The molecule has 78 valence electrons. The van der Waals surface area contributed by atoms with Crippen LogP contribution in [0.15, 0.2) is 35.2 Å². The molecule has 0 saturated carbocycles. The molecule has 0 aliphatic rings. The quantitative estimate of drug-likeness (QED) is 0.572. The van der Waals surface area contributed by atoms with Gasteiger partial charge in [0.15, 0.2) is 0 Å². The second-order valence-corrected chi connectivity index (χ2v) is 5.43. The first-order valence-electron chi connectivity index (χ1n) is 3.98. The van der Waals surface area contributed by atoms with Crippen LogP contribution in [0.2, 0.25) is 0 Å². The molecule has 0 aliphatic heterocycles. The van der Waals surface area contributed by atoms with E-state index in [0.29, 0.717) is 5.39 Å². The Hall–Kier alpha value is -1.20. The fourth-order valence-corrected chi connectivity index (χ4v) is 2.39. The monoisotopic (exact) mass is 245 g/mol. The zero-order valence-electron chi connectivity index (χ0n) is 7.31. The van der Waals surface area contributed by atoms with Gasteiger partial charge in [0, 0.05) is 16.1 Å². The van der Waals surface area contributed by atoms with Crippen molar-refractivity contribution in [3.63, 3.8) is 0 Å². The van der Waals surface area contributed by atoms with Crippen molar-refractivity contribution >= 4 is 30.6 Å². The Kier molecular flexibility index (Phi) is 2.36. The van der Waals surface area contributed by atoms with Crippen molar-refractivity contribution in [1.29, 1.82) is 0 Å². The van der Waals surface area contributed by atoms with Crippen LogP contribution in [-0.2, 0) is 9.05 Å². The number of aromatic nitrogens is 1. The summed E-state index contributed by atoms with van der Waals surface area (Å²) in [5, 5.41) is 0.314. The molecule has 0 unspecified atom stereocenters. The number of nitrogens with zero attached hydrogens (tertiary/aromatic N) is 1. The highest BCUT2D eigenvalue weighted by atomic mass is 35.7. The molecule has 0 atom stereocenters. The van der Waals surface area contributed by atoms with Crippen molar-refractivity contribution in [2.45, 2.75) is 4.90 Å². The number of hydrogen-bond donors (Lipinski definition) is 0. The fourth-order valence-electron chi connectivity index (χ4n) is 1.31. The summed E-state index contributed by atoms with van der Waals surface area (Å²) in [5.41, 5.74) is 0.261. The molecule has 0 bridgehead atoms. The van der Waals surface area contributed by atoms with Gasteiger partial charge in [-0.3, -0.25) is 0 Å². The van der Waals surface area contributed by atoms with Crippen LogP contribution in [0, 0.1) is 5.95 Å². The summed E-state index contributed by atoms with van der Waals surface area (Å²) in [6, 6.07) is 6.76. The number of pyridine rings is 1. The molecule has 0 radical (unpaired) electrons. The Bertz CT molecular complexity index is 627.